The van der Waals surface area contributed by atoms with Gasteiger partial charge in [-0.2, -0.15) is 0 Å². The number of carbonyl (C=O) groups is 1. The van der Waals surface area contributed by atoms with Gasteiger partial charge < -0.3 is 15.8 Å². The van der Waals surface area contributed by atoms with E-state index in [2.05, 4.69) is 5.16 Å². The number of nitrogens with zero attached hydrogens (tertiary/aromatic N) is 2. The van der Waals surface area contributed by atoms with Crippen molar-refractivity contribution in [2.45, 2.75) is 39.7 Å². The first-order chi connectivity index (χ1) is 9.43. The molecule has 110 valence electrons. The molecule has 0 saturated carbocycles. The fourth-order valence-corrected chi connectivity index (χ4v) is 1.91. The lowest BCUT2D eigenvalue weighted by Crippen LogP contribution is -2.43. The highest BCUT2D eigenvalue weighted by atomic mass is 16.4. The molecular weight excluding hydrogens is 254 g/mol. The topological polar surface area (TPSA) is 78.9 Å². The standard InChI is InChI=1S/C15H23N3O2/c1-11(2)18(10-14(16)17-20)15(19)9-8-13-6-4-12(3)5-7-13/h4-7,11,20H,8-10H2,1-3H3,(H2,16,17). The molecule has 1 aromatic carbocycles. The Morgan fingerprint density at radius 1 is 1.35 bits per heavy atom. The van der Waals surface area contributed by atoms with Gasteiger partial charge in [0.25, 0.3) is 0 Å². The zero-order valence-electron chi connectivity index (χ0n) is 12.3. The predicted molar refractivity (Wildman–Crippen MR) is 79.8 cm³/mol. The predicted octanol–water partition coefficient (Wildman–Crippen LogP) is 1.91. The van der Waals surface area contributed by atoms with E-state index in [-0.39, 0.29) is 24.3 Å². The molecule has 0 radical (unpaired) electrons. The summed E-state index contributed by atoms with van der Waals surface area (Å²) in [4.78, 5) is 13.8. The lowest BCUT2D eigenvalue weighted by molar-refractivity contribution is -0.132. The van der Waals surface area contributed by atoms with E-state index in [4.69, 9.17) is 10.9 Å². The average Bonchev–Trinajstić information content (AvgIpc) is 2.43. The van der Waals surface area contributed by atoms with E-state index in [0.717, 1.165) is 5.56 Å². The van der Waals surface area contributed by atoms with Gasteiger partial charge in [0, 0.05) is 12.5 Å². The van der Waals surface area contributed by atoms with E-state index in [0.29, 0.717) is 12.8 Å². The molecule has 3 N–H and O–H groups in total. The van der Waals surface area contributed by atoms with Crippen molar-refractivity contribution in [3.63, 3.8) is 0 Å². The summed E-state index contributed by atoms with van der Waals surface area (Å²) in [6.45, 7) is 6.01. The number of oxime groups is 1. The zero-order chi connectivity index (χ0) is 15.1. The Hall–Kier alpha value is -2.04. The summed E-state index contributed by atoms with van der Waals surface area (Å²) in [6.07, 6.45) is 1.11. The van der Waals surface area contributed by atoms with Crippen molar-refractivity contribution >= 4 is 11.7 Å². The van der Waals surface area contributed by atoms with Crippen LogP contribution in [0.25, 0.3) is 0 Å². The highest BCUT2D eigenvalue weighted by Crippen LogP contribution is 2.09. The number of hydrogen-bond donors (Lipinski definition) is 2. The number of amides is 1. The third kappa shape index (κ3) is 4.91. The first-order valence-electron chi connectivity index (χ1n) is 6.75. The van der Waals surface area contributed by atoms with Crippen LogP contribution in [-0.4, -0.2) is 34.4 Å². The van der Waals surface area contributed by atoms with Gasteiger partial charge in [-0.1, -0.05) is 35.0 Å². The van der Waals surface area contributed by atoms with Gasteiger partial charge in [-0.3, -0.25) is 4.79 Å². The van der Waals surface area contributed by atoms with Crippen LogP contribution in [0.2, 0.25) is 0 Å². The summed E-state index contributed by atoms with van der Waals surface area (Å²) >= 11 is 0. The number of rotatable bonds is 6. The van der Waals surface area contributed by atoms with Crippen LogP contribution >= 0.6 is 0 Å². The Labute approximate surface area is 120 Å². The Bertz CT molecular complexity index is 467. The van der Waals surface area contributed by atoms with E-state index < -0.39 is 0 Å². The summed E-state index contributed by atoms with van der Waals surface area (Å²) in [5, 5.41) is 11.5. The van der Waals surface area contributed by atoms with E-state index in [9.17, 15) is 4.79 Å². The maximum Gasteiger partial charge on any atom is 0.223 e. The Morgan fingerprint density at radius 2 is 1.95 bits per heavy atom. The molecule has 1 amide bonds. The number of nitrogens with two attached hydrogens (primary N) is 1. The molecular formula is C15H23N3O2. The third-order valence-corrected chi connectivity index (χ3v) is 3.15. The quantitative estimate of drug-likeness (QED) is 0.361. The molecule has 0 aliphatic rings. The van der Waals surface area contributed by atoms with Gasteiger partial charge in [-0.05, 0) is 32.8 Å². The Morgan fingerprint density at radius 3 is 2.45 bits per heavy atom. The molecule has 0 spiro atoms. The summed E-state index contributed by atoms with van der Waals surface area (Å²) in [7, 11) is 0. The number of benzene rings is 1. The van der Waals surface area contributed by atoms with Crippen LogP contribution in [0.15, 0.2) is 29.4 Å². The van der Waals surface area contributed by atoms with Gasteiger partial charge in [0.1, 0.15) is 0 Å². The van der Waals surface area contributed by atoms with Gasteiger partial charge >= 0.3 is 0 Å². The first kappa shape index (κ1) is 16.0. The van der Waals surface area contributed by atoms with Gasteiger partial charge in [0.05, 0.1) is 6.54 Å². The van der Waals surface area contributed by atoms with E-state index >= 15 is 0 Å². The van der Waals surface area contributed by atoms with Gasteiger partial charge in [-0.15, -0.1) is 0 Å². The Kier molecular flexibility index (Phi) is 6.03. The minimum absolute atomic E-state index is 0.00664. The van der Waals surface area contributed by atoms with Crippen LogP contribution in [0, 0.1) is 6.92 Å². The lowest BCUT2D eigenvalue weighted by Gasteiger charge is -2.26. The van der Waals surface area contributed by atoms with Crippen molar-refractivity contribution in [1.29, 1.82) is 0 Å². The van der Waals surface area contributed by atoms with E-state index in [1.165, 1.54) is 5.56 Å². The van der Waals surface area contributed by atoms with Crippen molar-refractivity contribution in [3.05, 3.63) is 35.4 Å². The van der Waals surface area contributed by atoms with Crippen LogP contribution < -0.4 is 5.73 Å². The van der Waals surface area contributed by atoms with Crippen molar-refractivity contribution in [1.82, 2.24) is 4.90 Å². The molecule has 1 aromatic rings. The molecule has 0 aromatic heterocycles. The maximum absolute atomic E-state index is 12.2. The van der Waals surface area contributed by atoms with Crippen LogP contribution in [0.4, 0.5) is 0 Å². The van der Waals surface area contributed by atoms with Gasteiger partial charge in [0.15, 0.2) is 5.84 Å². The molecule has 1 rings (SSSR count). The van der Waals surface area contributed by atoms with E-state index in [1.54, 1.807) is 4.90 Å². The molecule has 0 aliphatic carbocycles. The van der Waals surface area contributed by atoms with Gasteiger partial charge in [-0.25, -0.2) is 0 Å². The first-order valence-corrected chi connectivity index (χ1v) is 6.75. The van der Waals surface area contributed by atoms with Gasteiger partial charge in [0.2, 0.25) is 5.91 Å². The molecule has 5 heteroatoms. The minimum Gasteiger partial charge on any atom is -0.409 e. The van der Waals surface area contributed by atoms with Crippen molar-refractivity contribution < 1.29 is 10.0 Å². The van der Waals surface area contributed by atoms with Crippen LogP contribution in [-0.2, 0) is 11.2 Å². The highest BCUT2D eigenvalue weighted by Gasteiger charge is 2.18. The fourth-order valence-electron chi connectivity index (χ4n) is 1.91. The average molecular weight is 277 g/mol. The van der Waals surface area contributed by atoms with E-state index in [1.807, 2.05) is 45.0 Å². The summed E-state index contributed by atoms with van der Waals surface area (Å²) < 4.78 is 0. The van der Waals surface area contributed by atoms with Crippen molar-refractivity contribution in [2.75, 3.05) is 6.54 Å². The molecule has 0 atom stereocenters. The summed E-state index contributed by atoms with van der Waals surface area (Å²) in [6, 6.07) is 8.16. The second kappa shape index (κ2) is 7.53. The third-order valence-electron chi connectivity index (χ3n) is 3.15. The fraction of sp³-hybridized carbons (Fsp3) is 0.467. The molecule has 0 aliphatic heterocycles. The molecule has 0 unspecified atom stereocenters. The van der Waals surface area contributed by atoms with Crippen LogP contribution in [0.5, 0.6) is 0 Å². The molecule has 0 heterocycles. The van der Waals surface area contributed by atoms with Crippen molar-refractivity contribution in [2.24, 2.45) is 10.9 Å². The minimum atomic E-state index is 0.00664. The zero-order valence-corrected chi connectivity index (χ0v) is 12.3. The molecule has 5 nitrogen and oxygen atoms in total. The maximum atomic E-state index is 12.2. The summed E-state index contributed by atoms with van der Waals surface area (Å²) in [5.74, 6) is 0.0505. The SMILES string of the molecule is Cc1ccc(CCC(=O)N(CC(N)=NO)C(C)C)cc1. The highest BCUT2D eigenvalue weighted by molar-refractivity contribution is 5.87. The summed E-state index contributed by atoms with van der Waals surface area (Å²) in [5.41, 5.74) is 7.82. The molecule has 0 bridgehead atoms. The largest absolute Gasteiger partial charge is 0.409 e. The Balaban J connectivity index is 2.60. The molecule has 20 heavy (non-hydrogen) atoms. The lowest BCUT2D eigenvalue weighted by atomic mass is 10.1. The van der Waals surface area contributed by atoms with Crippen molar-refractivity contribution in [3.8, 4) is 0 Å². The smallest absolute Gasteiger partial charge is 0.223 e. The number of aryl methyl sites for hydroxylation is 2. The second-order valence-corrected chi connectivity index (χ2v) is 5.19. The normalized spacial score (nSPS) is 11.7. The monoisotopic (exact) mass is 277 g/mol. The molecule has 0 saturated heterocycles. The number of carbonyl (C=O) groups excluding carboxylic acids is 1. The molecule has 0 fully saturated rings. The number of hydrogen-bond acceptors (Lipinski definition) is 3. The van der Waals surface area contributed by atoms with Crippen LogP contribution in [0.1, 0.15) is 31.4 Å². The second-order valence-electron chi connectivity index (χ2n) is 5.19. The number of amidine groups is 1. The van der Waals surface area contributed by atoms with Crippen LogP contribution in [0.3, 0.4) is 0 Å².